The summed E-state index contributed by atoms with van der Waals surface area (Å²) < 4.78 is 8.73. The zero-order chi connectivity index (χ0) is 9.56. The summed E-state index contributed by atoms with van der Waals surface area (Å²) in [7, 11) is 2.53. The second kappa shape index (κ2) is 7.82. The second-order valence-corrected chi connectivity index (χ2v) is 2.24. The van der Waals surface area contributed by atoms with E-state index in [2.05, 4.69) is 9.47 Å². The Morgan fingerprint density at radius 1 is 1.31 bits per heavy atom. The van der Waals surface area contributed by atoms with Gasteiger partial charge in [0, 0.05) is 6.42 Å². The number of rotatable bonds is 4. The maximum Gasteiger partial charge on any atom is 0.322 e. The Labute approximate surface area is 83.0 Å². The van der Waals surface area contributed by atoms with E-state index in [4.69, 9.17) is 5.73 Å². The van der Waals surface area contributed by atoms with Crippen LogP contribution in [0.25, 0.3) is 0 Å². The molecule has 0 aliphatic carbocycles. The van der Waals surface area contributed by atoms with Crippen molar-refractivity contribution in [2.75, 3.05) is 14.2 Å². The van der Waals surface area contributed by atoms with Crippen LogP contribution in [-0.4, -0.2) is 32.2 Å². The highest BCUT2D eigenvalue weighted by molar-refractivity contribution is 5.76. The third-order valence-electron chi connectivity index (χ3n) is 1.39. The fraction of sp³-hybridized carbons (Fsp3) is 0.714. The van der Waals surface area contributed by atoms with Gasteiger partial charge in [-0.25, -0.2) is 0 Å². The van der Waals surface area contributed by atoms with E-state index in [9.17, 15) is 9.59 Å². The normalized spacial score (nSPS) is 11.0. The Hall–Kier alpha value is -0.810. The molecule has 0 aromatic rings. The summed E-state index contributed by atoms with van der Waals surface area (Å²) in [6.07, 6.45) is 0.381. The lowest BCUT2D eigenvalue weighted by Crippen LogP contribution is -3.00. The minimum absolute atomic E-state index is 0. The van der Waals surface area contributed by atoms with Crippen LogP contribution in [0.2, 0.25) is 0 Å². The summed E-state index contributed by atoms with van der Waals surface area (Å²) in [4.78, 5) is 21.3. The van der Waals surface area contributed by atoms with Gasteiger partial charge >= 0.3 is 11.9 Å². The minimum Gasteiger partial charge on any atom is -1.00 e. The number of hydrogen-bond donors (Lipinski definition) is 1. The molecule has 0 aliphatic rings. The van der Waals surface area contributed by atoms with E-state index in [1.807, 2.05) is 0 Å². The molecule has 0 spiro atoms. The van der Waals surface area contributed by atoms with E-state index < -0.39 is 12.0 Å². The molecule has 5 nitrogen and oxygen atoms in total. The molecule has 6 heteroatoms. The highest BCUT2D eigenvalue weighted by Crippen LogP contribution is 1.97. The number of carbonyl (C=O) groups excluding carboxylic acids is 2. The highest BCUT2D eigenvalue weighted by atomic mass is 35.5. The number of hydrogen-bond acceptors (Lipinski definition) is 5. The molecular weight excluding hydrogens is 198 g/mol. The molecule has 0 rings (SSSR count). The minimum atomic E-state index is -0.742. The van der Waals surface area contributed by atoms with Crippen LogP contribution in [0.4, 0.5) is 0 Å². The van der Waals surface area contributed by atoms with Crippen LogP contribution in [-0.2, 0) is 19.1 Å². The van der Waals surface area contributed by atoms with Gasteiger partial charge in [-0.05, 0) is 6.42 Å². The lowest BCUT2D eigenvalue weighted by molar-refractivity contribution is -0.143. The molecule has 78 valence electrons. The maximum absolute atomic E-state index is 10.7. The van der Waals surface area contributed by atoms with Gasteiger partial charge in [-0.2, -0.15) is 0 Å². The van der Waals surface area contributed by atoms with E-state index in [1.54, 1.807) is 0 Å². The smallest absolute Gasteiger partial charge is 0.322 e. The molecule has 0 saturated carbocycles. The zero-order valence-corrected chi connectivity index (χ0v) is 8.34. The number of halogens is 1. The molecule has 1 atom stereocenters. The number of nitrogens with two attached hydrogens (primary N) is 1. The molecule has 0 heterocycles. The van der Waals surface area contributed by atoms with E-state index in [-0.39, 0.29) is 31.2 Å². The first kappa shape index (κ1) is 14.7. The molecule has 13 heavy (non-hydrogen) atoms. The predicted molar refractivity (Wildman–Crippen MR) is 41.2 cm³/mol. The third kappa shape index (κ3) is 6.36. The van der Waals surface area contributed by atoms with Gasteiger partial charge in [0.1, 0.15) is 6.04 Å². The van der Waals surface area contributed by atoms with Crippen molar-refractivity contribution in [2.45, 2.75) is 18.9 Å². The molecule has 2 N–H and O–H groups in total. The van der Waals surface area contributed by atoms with Crippen molar-refractivity contribution in [3.8, 4) is 0 Å². The highest BCUT2D eigenvalue weighted by Gasteiger charge is 2.14. The quantitative estimate of drug-likeness (QED) is 0.486. The first-order valence-electron chi connectivity index (χ1n) is 3.52. The lowest BCUT2D eigenvalue weighted by Gasteiger charge is -2.07. The number of methoxy groups -OCH3 is 2. The van der Waals surface area contributed by atoms with Gasteiger partial charge in [-0.1, -0.05) is 0 Å². The van der Waals surface area contributed by atoms with Gasteiger partial charge in [-0.3, -0.25) is 9.59 Å². The monoisotopic (exact) mass is 210 g/mol. The summed E-state index contributed by atoms with van der Waals surface area (Å²) in [5, 5.41) is 0. The molecule has 0 radical (unpaired) electrons. The Balaban J connectivity index is 0. The SMILES string of the molecule is COC(=O)CCC(N)C(=O)OC.[Cl-]. The first-order chi connectivity index (χ1) is 5.61. The standard InChI is InChI=1S/C7H13NO4.ClH/c1-11-6(9)4-3-5(8)7(10)12-2;/h5H,3-4,8H2,1-2H3;1H/p-1. The van der Waals surface area contributed by atoms with E-state index >= 15 is 0 Å². The molecule has 0 aromatic heterocycles. The summed E-state index contributed by atoms with van der Waals surface area (Å²) >= 11 is 0. The largest absolute Gasteiger partial charge is 1.00 e. The second-order valence-electron chi connectivity index (χ2n) is 2.24. The van der Waals surface area contributed by atoms with Crippen molar-refractivity contribution in [3.05, 3.63) is 0 Å². The first-order valence-corrected chi connectivity index (χ1v) is 3.52. The Morgan fingerprint density at radius 2 is 1.85 bits per heavy atom. The van der Waals surface area contributed by atoms with Gasteiger partial charge in [-0.15, -0.1) is 0 Å². The predicted octanol–water partition coefficient (Wildman–Crippen LogP) is -3.56. The third-order valence-corrected chi connectivity index (χ3v) is 1.39. The fourth-order valence-electron chi connectivity index (χ4n) is 0.645. The molecule has 0 bridgehead atoms. The van der Waals surface area contributed by atoms with Gasteiger partial charge in [0.05, 0.1) is 14.2 Å². The summed E-state index contributed by atoms with van der Waals surface area (Å²) in [6.45, 7) is 0. The molecule has 0 aromatic carbocycles. The summed E-state index contributed by atoms with van der Waals surface area (Å²) in [5.41, 5.74) is 5.35. The number of ether oxygens (including phenoxy) is 2. The summed E-state index contributed by atoms with van der Waals surface area (Å²) in [6, 6.07) is -0.742. The fourth-order valence-corrected chi connectivity index (χ4v) is 0.645. The van der Waals surface area contributed by atoms with Crippen LogP contribution < -0.4 is 18.1 Å². The molecule has 0 amide bonds. The molecule has 0 fully saturated rings. The zero-order valence-electron chi connectivity index (χ0n) is 7.58. The van der Waals surface area contributed by atoms with Crippen molar-refractivity contribution in [3.63, 3.8) is 0 Å². The van der Waals surface area contributed by atoms with Crippen molar-refractivity contribution in [2.24, 2.45) is 5.73 Å². The van der Waals surface area contributed by atoms with Crippen LogP contribution in [0.5, 0.6) is 0 Å². The van der Waals surface area contributed by atoms with Gasteiger partial charge in [0.15, 0.2) is 0 Å². The van der Waals surface area contributed by atoms with Crippen LogP contribution in [0.15, 0.2) is 0 Å². The number of carbonyl (C=O) groups is 2. The van der Waals surface area contributed by atoms with Crippen LogP contribution in [0.1, 0.15) is 12.8 Å². The molecular formula is C7H13ClNO4-. The van der Waals surface area contributed by atoms with Crippen molar-refractivity contribution in [1.82, 2.24) is 0 Å². The average molecular weight is 211 g/mol. The lowest BCUT2D eigenvalue weighted by atomic mass is 10.2. The van der Waals surface area contributed by atoms with Gasteiger partial charge in [0.25, 0.3) is 0 Å². The Morgan fingerprint density at radius 3 is 2.23 bits per heavy atom. The Bertz CT molecular complexity index is 174. The molecule has 0 aliphatic heterocycles. The maximum atomic E-state index is 10.7. The van der Waals surface area contributed by atoms with Crippen molar-refractivity contribution >= 4 is 11.9 Å². The topological polar surface area (TPSA) is 78.6 Å². The van der Waals surface area contributed by atoms with Gasteiger partial charge in [0.2, 0.25) is 0 Å². The van der Waals surface area contributed by atoms with Crippen molar-refractivity contribution < 1.29 is 31.5 Å². The molecule has 0 saturated heterocycles. The van der Waals surface area contributed by atoms with Crippen molar-refractivity contribution in [1.29, 1.82) is 0 Å². The van der Waals surface area contributed by atoms with Crippen LogP contribution >= 0.6 is 0 Å². The summed E-state index contributed by atoms with van der Waals surface area (Å²) in [5.74, 6) is -0.895. The van der Waals surface area contributed by atoms with E-state index in [0.29, 0.717) is 0 Å². The van der Waals surface area contributed by atoms with Crippen LogP contribution in [0, 0.1) is 0 Å². The van der Waals surface area contributed by atoms with E-state index in [1.165, 1.54) is 14.2 Å². The van der Waals surface area contributed by atoms with Gasteiger partial charge < -0.3 is 27.6 Å². The molecule has 1 unspecified atom stereocenters. The average Bonchev–Trinajstić information content (AvgIpc) is 2.11. The van der Waals surface area contributed by atoms with E-state index in [0.717, 1.165) is 0 Å². The Kier molecular flexibility index (Phi) is 8.84. The number of esters is 2. The van der Waals surface area contributed by atoms with Crippen LogP contribution in [0.3, 0.4) is 0 Å².